The Bertz CT molecular complexity index is 847. The summed E-state index contributed by atoms with van der Waals surface area (Å²) < 4.78 is 0.913. The van der Waals surface area contributed by atoms with Gasteiger partial charge in [0.15, 0.2) is 11.6 Å². The van der Waals surface area contributed by atoms with Crippen LogP contribution in [-0.2, 0) is 0 Å². The number of ketones is 2. The second kappa shape index (κ2) is 5.22. The molecular formula is C17H13NO2S. The molecule has 3 rings (SSSR count). The van der Waals surface area contributed by atoms with Crippen molar-refractivity contribution >= 4 is 33.1 Å². The summed E-state index contributed by atoms with van der Waals surface area (Å²) in [4.78, 5) is 27.4. The summed E-state index contributed by atoms with van der Waals surface area (Å²) in [5.41, 5.74) is 5.95. The van der Waals surface area contributed by atoms with Crippen LogP contribution in [0.5, 0.6) is 0 Å². The van der Waals surface area contributed by atoms with E-state index in [-0.39, 0.29) is 11.6 Å². The lowest BCUT2D eigenvalue weighted by molar-refractivity contribution is 0.101. The molecule has 0 radical (unpaired) electrons. The first-order valence-electron chi connectivity index (χ1n) is 6.56. The summed E-state index contributed by atoms with van der Waals surface area (Å²) in [7, 11) is 0. The van der Waals surface area contributed by atoms with Crippen molar-refractivity contribution in [1.29, 1.82) is 0 Å². The minimum Gasteiger partial charge on any atom is -0.295 e. The number of aromatic nitrogens is 1. The van der Waals surface area contributed by atoms with E-state index in [1.54, 1.807) is 19.4 Å². The normalized spacial score (nSPS) is 10.8. The van der Waals surface area contributed by atoms with Gasteiger partial charge in [-0.3, -0.25) is 9.59 Å². The third-order valence-corrected chi connectivity index (χ3v) is 4.33. The Balaban J connectivity index is 2.17. The molecule has 0 atom stereocenters. The summed E-state index contributed by atoms with van der Waals surface area (Å²) in [5, 5.41) is 0. The number of hydrogen-bond acceptors (Lipinski definition) is 4. The predicted octanol–water partition coefficient (Wildman–Crippen LogP) is 4.37. The van der Waals surface area contributed by atoms with E-state index in [1.165, 1.54) is 11.3 Å². The summed E-state index contributed by atoms with van der Waals surface area (Å²) in [6.07, 6.45) is 0. The average Bonchev–Trinajstić information content (AvgIpc) is 2.95. The van der Waals surface area contributed by atoms with Gasteiger partial charge in [-0.25, -0.2) is 4.98 Å². The molecule has 0 fully saturated rings. The quantitative estimate of drug-likeness (QED) is 0.674. The van der Waals surface area contributed by atoms with Gasteiger partial charge in [-0.15, -0.1) is 11.3 Å². The molecule has 0 saturated carbocycles. The van der Waals surface area contributed by atoms with Gasteiger partial charge in [0.1, 0.15) is 0 Å². The van der Waals surface area contributed by atoms with E-state index in [2.05, 4.69) is 4.98 Å². The molecule has 0 spiro atoms. The number of thiazole rings is 1. The third kappa shape index (κ3) is 2.38. The lowest BCUT2D eigenvalue weighted by atomic mass is 9.99. The molecule has 3 nitrogen and oxygen atoms in total. The molecule has 0 amide bonds. The van der Waals surface area contributed by atoms with Crippen LogP contribution >= 0.6 is 11.3 Å². The smallest absolute Gasteiger partial charge is 0.161 e. The standard InChI is InChI=1S/C17H13NO2S/c1-10(19)12-3-5-13(6-4-12)15-8-7-14(11(2)20)17-16(15)18-9-21-17/h3-9H,1-2H3. The maximum atomic E-state index is 11.7. The average molecular weight is 295 g/mol. The molecule has 0 bridgehead atoms. The van der Waals surface area contributed by atoms with Gasteiger partial charge in [0.05, 0.1) is 15.7 Å². The fourth-order valence-electron chi connectivity index (χ4n) is 2.35. The molecule has 4 heteroatoms. The first kappa shape index (κ1) is 13.6. The highest BCUT2D eigenvalue weighted by Gasteiger charge is 2.13. The first-order chi connectivity index (χ1) is 10.1. The maximum Gasteiger partial charge on any atom is 0.161 e. The van der Waals surface area contributed by atoms with Crippen molar-refractivity contribution in [2.75, 3.05) is 0 Å². The number of carbonyl (C=O) groups is 2. The molecule has 104 valence electrons. The van der Waals surface area contributed by atoms with Crippen LogP contribution in [0.3, 0.4) is 0 Å². The number of carbonyl (C=O) groups excluding carboxylic acids is 2. The molecule has 1 aromatic heterocycles. The predicted molar refractivity (Wildman–Crippen MR) is 85.1 cm³/mol. The zero-order chi connectivity index (χ0) is 15.0. The summed E-state index contributed by atoms with van der Waals surface area (Å²) >= 11 is 1.47. The third-order valence-electron chi connectivity index (χ3n) is 3.47. The van der Waals surface area contributed by atoms with E-state index in [0.717, 1.165) is 21.3 Å². The van der Waals surface area contributed by atoms with Crippen molar-refractivity contribution < 1.29 is 9.59 Å². The van der Waals surface area contributed by atoms with E-state index in [0.29, 0.717) is 11.1 Å². The second-order valence-corrected chi connectivity index (χ2v) is 5.74. The molecule has 0 saturated heterocycles. The van der Waals surface area contributed by atoms with Gasteiger partial charge in [-0.1, -0.05) is 30.3 Å². The van der Waals surface area contributed by atoms with Crippen molar-refractivity contribution in [2.24, 2.45) is 0 Å². The number of fused-ring (bicyclic) bond motifs is 1. The van der Waals surface area contributed by atoms with Crippen LogP contribution in [0, 0.1) is 0 Å². The zero-order valence-electron chi connectivity index (χ0n) is 11.7. The minimum absolute atomic E-state index is 0.0442. The van der Waals surface area contributed by atoms with Crippen molar-refractivity contribution in [3.63, 3.8) is 0 Å². The molecule has 3 aromatic rings. The van der Waals surface area contributed by atoms with Gasteiger partial charge in [0, 0.05) is 16.7 Å². The molecular weight excluding hydrogens is 282 g/mol. The van der Waals surface area contributed by atoms with E-state index < -0.39 is 0 Å². The number of rotatable bonds is 3. The van der Waals surface area contributed by atoms with Gasteiger partial charge < -0.3 is 0 Å². The summed E-state index contributed by atoms with van der Waals surface area (Å²) in [5.74, 6) is 0.0926. The largest absolute Gasteiger partial charge is 0.295 e. The van der Waals surface area contributed by atoms with Crippen LogP contribution in [0.25, 0.3) is 21.3 Å². The fourth-order valence-corrected chi connectivity index (χ4v) is 3.22. The number of hydrogen-bond donors (Lipinski definition) is 0. The zero-order valence-corrected chi connectivity index (χ0v) is 12.5. The van der Waals surface area contributed by atoms with Crippen LogP contribution in [0.4, 0.5) is 0 Å². The highest BCUT2D eigenvalue weighted by molar-refractivity contribution is 7.17. The lowest BCUT2D eigenvalue weighted by Gasteiger charge is -2.06. The van der Waals surface area contributed by atoms with Crippen LogP contribution in [0.2, 0.25) is 0 Å². The second-order valence-electron chi connectivity index (χ2n) is 4.88. The Labute approximate surface area is 126 Å². The van der Waals surface area contributed by atoms with Crippen molar-refractivity contribution in [3.05, 3.63) is 53.0 Å². The Hall–Kier alpha value is -2.33. The molecule has 0 N–H and O–H groups in total. The molecule has 2 aromatic carbocycles. The molecule has 0 unspecified atom stereocenters. The number of nitrogens with zero attached hydrogens (tertiary/aromatic N) is 1. The van der Waals surface area contributed by atoms with Crippen molar-refractivity contribution in [1.82, 2.24) is 4.98 Å². The Morgan fingerprint density at radius 3 is 2.29 bits per heavy atom. The summed E-state index contributed by atoms with van der Waals surface area (Å²) in [6.45, 7) is 3.12. The van der Waals surface area contributed by atoms with Gasteiger partial charge in [-0.05, 0) is 25.5 Å². The fraction of sp³-hybridized carbons (Fsp3) is 0.118. The van der Waals surface area contributed by atoms with Crippen molar-refractivity contribution in [2.45, 2.75) is 13.8 Å². The Morgan fingerprint density at radius 2 is 1.67 bits per heavy atom. The van der Waals surface area contributed by atoms with Crippen molar-refractivity contribution in [3.8, 4) is 11.1 Å². The SMILES string of the molecule is CC(=O)c1ccc(-c2ccc(C(C)=O)c3scnc23)cc1. The van der Waals surface area contributed by atoms with Gasteiger partial charge >= 0.3 is 0 Å². The van der Waals surface area contributed by atoms with Gasteiger partial charge in [-0.2, -0.15) is 0 Å². The van der Waals surface area contributed by atoms with Crippen LogP contribution in [-0.4, -0.2) is 16.6 Å². The topological polar surface area (TPSA) is 47.0 Å². The maximum absolute atomic E-state index is 11.7. The summed E-state index contributed by atoms with van der Waals surface area (Å²) in [6, 6.07) is 11.2. The van der Waals surface area contributed by atoms with Crippen LogP contribution in [0.1, 0.15) is 34.6 Å². The van der Waals surface area contributed by atoms with E-state index in [4.69, 9.17) is 0 Å². The van der Waals surface area contributed by atoms with E-state index in [1.807, 2.05) is 36.4 Å². The van der Waals surface area contributed by atoms with E-state index in [9.17, 15) is 9.59 Å². The molecule has 21 heavy (non-hydrogen) atoms. The monoisotopic (exact) mass is 295 g/mol. The first-order valence-corrected chi connectivity index (χ1v) is 7.44. The molecule has 0 aliphatic heterocycles. The highest BCUT2D eigenvalue weighted by atomic mass is 32.1. The lowest BCUT2D eigenvalue weighted by Crippen LogP contribution is -1.94. The number of benzene rings is 2. The van der Waals surface area contributed by atoms with Crippen LogP contribution in [0.15, 0.2) is 41.9 Å². The molecule has 0 aliphatic carbocycles. The van der Waals surface area contributed by atoms with Crippen LogP contribution < -0.4 is 0 Å². The number of Topliss-reactive ketones (excluding diaryl/α,β-unsaturated/α-hetero) is 2. The Kier molecular flexibility index (Phi) is 3.39. The molecule has 1 heterocycles. The highest BCUT2D eigenvalue weighted by Crippen LogP contribution is 2.32. The molecule has 0 aliphatic rings. The van der Waals surface area contributed by atoms with E-state index >= 15 is 0 Å². The van der Waals surface area contributed by atoms with Gasteiger partial charge in [0.25, 0.3) is 0 Å². The Morgan fingerprint density at radius 1 is 0.952 bits per heavy atom. The van der Waals surface area contributed by atoms with Gasteiger partial charge in [0.2, 0.25) is 0 Å². The minimum atomic E-state index is 0.0442.